The fraction of sp³-hybridized carbons (Fsp3) is 0.154. The highest BCUT2D eigenvalue weighted by Gasteiger charge is 2.18. The van der Waals surface area contributed by atoms with Gasteiger partial charge in [0.05, 0.1) is 5.69 Å². The first-order valence-electron chi connectivity index (χ1n) is 5.94. The Labute approximate surface area is 132 Å². The Bertz CT molecular complexity index is 725. The lowest BCUT2D eigenvalue weighted by atomic mass is 10.3. The molecule has 0 aliphatic heterocycles. The number of para-hydroxylation sites is 1. The van der Waals surface area contributed by atoms with Crippen molar-refractivity contribution >= 4 is 44.0 Å². The Morgan fingerprint density at radius 1 is 1.19 bits per heavy atom. The van der Waals surface area contributed by atoms with Crippen molar-refractivity contribution < 1.29 is 13.2 Å². The van der Waals surface area contributed by atoms with Gasteiger partial charge in [0.1, 0.15) is 4.21 Å². The van der Waals surface area contributed by atoms with Gasteiger partial charge >= 0.3 is 0 Å². The standard InChI is InChI=1S/C13H14N2O3S3/c1-15(2)13(16)20-11-7-4-3-6-10(11)14-21(17,18)12-8-5-9-19-12/h3-9,14H,1-2H3. The van der Waals surface area contributed by atoms with E-state index in [2.05, 4.69) is 4.72 Å². The van der Waals surface area contributed by atoms with E-state index in [-0.39, 0.29) is 9.45 Å². The number of anilines is 1. The molecule has 1 N–H and O–H groups in total. The molecule has 0 atom stereocenters. The summed E-state index contributed by atoms with van der Waals surface area (Å²) < 4.78 is 27.2. The molecule has 1 aromatic heterocycles. The lowest BCUT2D eigenvalue weighted by Gasteiger charge is -2.13. The summed E-state index contributed by atoms with van der Waals surface area (Å²) in [5.74, 6) is 0. The van der Waals surface area contributed by atoms with Crippen LogP contribution in [0.2, 0.25) is 0 Å². The van der Waals surface area contributed by atoms with Gasteiger partial charge in [-0.05, 0) is 35.3 Å². The third kappa shape index (κ3) is 3.99. The quantitative estimate of drug-likeness (QED) is 0.866. The van der Waals surface area contributed by atoms with Gasteiger partial charge in [-0.15, -0.1) is 11.3 Å². The minimum Gasteiger partial charge on any atom is -0.339 e. The molecule has 1 aromatic carbocycles. The predicted molar refractivity (Wildman–Crippen MR) is 86.5 cm³/mol. The minimum absolute atomic E-state index is 0.169. The van der Waals surface area contributed by atoms with Crippen molar-refractivity contribution in [3.8, 4) is 0 Å². The summed E-state index contributed by atoms with van der Waals surface area (Å²) in [6.07, 6.45) is 0. The molecule has 0 unspecified atom stereocenters. The number of hydrogen-bond acceptors (Lipinski definition) is 5. The lowest BCUT2D eigenvalue weighted by molar-refractivity contribution is 0.241. The molecule has 2 rings (SSSR count). The largest absolute Gasteiger partial charge is 0.339 e. The molecule has 0 saturated carbocycles. The molecule has 5 nitrogen and oxygen atoms in total. The third-order valence-corrected chi connectivity index (χ3v) is 6.33. The number of carbonyl (C=O) groups excluding carboxylic acids is 1. The van der Waals surface area contributed by atoms with Gasteiger partial charge < -0.3 is 4.90 Å². The van der Waals surface area contributed by atoms with Crippen LogP contribution in [-0.2, 0) is 10.0 Å². The second-order valence-electron chi connectivity index (χ2n) is 4.30. The van der Waals surface area contributed by atoms with Gasteiger partial charge in [-0.25, -0.2) is 8.42 Å². The predicted octanol–water partition coefficient (Wildman–Crippen LogP) is 3.32. The number of carbonyl (C=O) groups is 1. The van der Waals surface area contributed by atoms with E-state index in [4.69, 9.17) is 0 Å². The highest BCUT2D eigenvalue weighted by atomic mass is 32.2. The van der Waals surface area contributed by atoms with Crippen LogP contribution in [0.5, 0.6) is 0 Å². The molecule has 0 bridgehead atoms. The molecule has 1 heterocycles. The number of amides is 1. The fourth-order valence-corrected chi connectivity index (χ4v) is 4.32. The highest BCUT2D eigenvalue weighted by Crippen LogP contribution is 2.30. The van der Waals surface area contributed by atoms with Gasteiger partial charge in [-0.3, -0.25) is 9.52 Å². The Kier molecular flexibility index (Phi) is 4.92. The zero-order valence-electron chi connectivity index (χ0n) is 11.4. The van der Waals surface area contributed by atoms with Crippen molar-refractivity contribution in [1.29, 1.82) is 0 Å². The maximum atomic E-state index is 12.2. The van der Waals surface area contributed by atoms with E-state index in [9.17, 15) is 13.2 Å². The van der Waals surface area contributed by atoms with Gasteiger partial charge in [0.15, 0.2) is 0 Å². The number of nitrogens with zero attached hydrogens (tertiary/aromatic N) is 1. The number of rotatable bonds is 4. The van der Waals surface area contributed by atoms with Gasteiger partial charge in [-0.1, -0.05) is 18.2 Å². The van der Waals surface area contributed by atoms with Crippen molar-refractivity contribution in [3.05, 3.63) is 41.8 Å². The van der Waals surface area contributed by atoms with Crippen LogP contribution in [0.1, 0.15) is 0 Å². The molecule has 0 saturated heterocycles. The van der Waals surface area contributed by atoms with Crippen molar-refractivity contribution in [3.63, 3.8) is 0 Å². The van der Waals surface area contributed by atoms with E-state index in [1.165, 1.54) is 11.0 Å². The van der Waals surface area contributed by atoms with E-state index in [0.29, 0.717) is 10.6 Å². The number of sulfonamides is 1. The van der Waals surface area contributed by atoms with Crippen LogP contribution in [0, 0.1) is 0 Å². The smallest absolute Gasteiger partial charge is 0.286 e. The van der Waals surface area contributed by atoms with Crippen LogP contribution in [-0.4, -0.2) is 32.7 Å². The van der Waals surface area contributed by atoms with Crippen molar-refractivity contribution in [2.45, 2.75) is 9.10 Å². The molecule has 0 aliphatic rings. The van der Waals surface area contributed by atoms with Gasteiger partial charge in [0.25, 0.3) is 15.3 Å². The van der Waals surface area contributed by atoms with Crippen LogP contribution in [0.15, 0.2) is 50.9 Å². The molecule has 2 aromatic rings. The van der Waals surface area contributed by atoms with Crippen LogP contribution in [0.3, 0.4) is 0 Å². The Morgan fingerprint density at radius 3 is 2.52 bits per heavy atom. The van der Waals surface area contributed by atoms with Crippen LogP contribution in [0.4, 0.5) is 10.5 Å². The number of benzene rings is 1. The normalized spacial score (nSPS) is 11.1. The summed E-state index contributed by atoms with van der Waals surface area (Å²) in [5, 5.41) is 1.53. The summed E-state index contributed by atoms with van der Waals surface area (Å²) in [4.78, 5) is 13.8. The van der Waals surface area contributed by atoms with E-state index in [0.717, 1.165) is 23.1 Å². The van der Waals surface area contributed by atoms with Crippen LogP contribution >= 0.6 is 23.1 Å². The first kappa shape index (κ1) is 15.9. The zero-order chi connectivity index (χ0) is 15.5. The maximum absolute atomic E-state index is 12.2. The van der Waals surface area contributed by atoms with Crippen molar-refractivity contribution in [2.75, 3.05) is 18.8 Å². The molecule has 0 fully saturated rings. The summed E-state index contributed by atoms with van der Waals surface area (Å²) in [6.45, 7) is 0. The molecule has 8 heteroatoms. The van der Waals surface area contributed by atoms with Crippen LogP contribution < -0.4 is 4.72 Å². The summed E-state index contributed by atoms with van der Waals surface area (Å²) in [6, 6.07) is 10.0. The molecule has 0 spiro atoms. The van der Waals surface area contributed by atoms with E-state index in [1.807, 2.05) is 0 Å². The minimum atomic E-state index is -3.62. The monoisotopic (exact) mass is 342 g/mol. The number of nitrogens with one attached hydrogen (secondary N) is 1. The topological polar surface area (TPSA) is 66.5 Å². The first-order valence-corrected chi connectivity index (χ1v) is 9.12. The van der Waals surface area contributed by atoms with E-state index in [1.54, 1.807) is 49.8 Å². The average Bonchev–Trinajstić information content (AvgIpc) is 2.95. The number of thiophene rings is 1. The second-order valence-corrected chi connectivity index (χ2v) is 8.15. The molecule has 0 radical (unpaired) electrons. The lowest BCUT2D eigenvalue weighted by Crippen LogP contribution is -2.17. The number of hydrogen-bond donors (Lipinski definition) is 1. The van der Waals surface area contributed by atoms with E-state index >= 15 is 0 Å². The summed E-state index contributed by atoms with van der Waals surface area (Å²) in [5.41, 5.74) is 0.395. The Balaban J connectivity index is 2.27. The van der Waals surface area contributed by atoms with Gasteiger partial charge in [0.2, 0.25) is 0 Å². The molecule has 1 amide bonds. The van der Waals surface area contributed by atoms with Crippen molar-refractivity contribution in [1.82, 2.24) is 4.90 Å². The maximum Gasteiger partial charge on any atom is 0.286 e. The second kappa shape index (κ2) is 6.50. The summed E-state index contributed by atoms with van der Waals surface area (Å²) in [7, 11) is -0.325. The molecule has 112 valence electrons. The highest BCUT2D eigenvalue weighted by molar-refractivity contribution is 8.13. The zero-order valence-corrected chi connectivity index (χ0v) is 13.9. The van der Waals surface area contributed by atoms with Crippen LogP contribution in [0.25, 0.3) is 0 Å². The molecular formula is C13H14N2O3S3. The SMILES string of the molecule is CN(C)C(=O)Sc1ccccc1NS(=O)(=O)c1cccs1. The van der Waals surface area contributed by atoms with Gasteiger partial charge in [-0.2, -0.15) is 0 Å². The molecule has 21 heavy (non-hydrogen) atoms. The first-order chi connectivity index (χ1) is 9.90. The number of thioether (sulfide) groups is 1. The third-order valence-electron chi connectivity index (χ3n) is 2.45. The fourth-order valence-electron chi connectivity index (χ4n) is 1.44. The molecular weight excluding hydrogens is 328 g/mol. The summed E-state index contributed by atoms with van der Waals surface area (Å²) >= 11 is 2.12. The van der Waals surface area contributed by atoms with Crippen molar-refractivity contribution in [2.24, 2.45) is 0 Å². The Morgan fingerprint density at radius 2 is 1.90 bits per heavy atom. The van der Waals surface area contributed by atoms with E-state index < -0.39 is 10.0 Å². The molecule has 0 aliphatic carbocycles. The average molecular weight is 342 g/mol. The Hall–Kier alpha value is -1.51. The van der Waals surface area contributed by atoms with Gasteiger partial charge in [0, 0.05) is 19.0 Å².